The van der Waals surface area contributed by atoms with Crippen molar-refractivity contribution in [3.8, 4) is 5.75 Å². The minimum atomic E-state index is -4.38. The van der Waals surface area contributed by atoms with Gasteiger partial charge in [0.2, 0.25) is 10.0 Å². The van der Waals surface area contributed by atoms with Gasteiger partial charge in [-0.2, -0.15) is 4.31 Å². The predicted octanol–water partition coefficient (Wildman–Crippen LogP) is 5.04. The van der Waals surface area contributed by atoms with Gasteiger partial charge in [0.25, 0.3) is 0 Å². The molecule has 0 amide bonds. The fourth-order valence-electron chi connectivity index (χ4n) is 5.03. The Morgan fingerprint density at radius 3 is 2.00 bits per heavy atom. The van der Waals surface area contributed by atoms with Crippen molar-refractivity contribution in [3.63, 3.8) is 0 Å². The van der Waals surface area contributed by atoms with Gasteiger partial charge in [0.1, 0.15) is 10.6 Å². The average molecular weight is 574 g/mol. The molecule has 3 aromatic carbocycles. The number of ether oxygens (including phenoxy) is 1. The van der Waals surface area contributed by atoms with Crippen LogP contribution in [0.4, 0.5) is 8.78 Å². The molecule has 2 heterocycles. The maximum absolute atomic E-state index is 15.3. The average Bonchev–Trinajstić information content (AvgIpc) is 2.85. The van der Waals surface area contributed by atoms with Crippen molar-refractivity contribution in [3.05, 3.63) is 87.9 Å². The number of sulfone groups is 1. The standard InChI is InChI=1S/C24H19Cl2F2NO5S2/c25-16-1-5-18(6-2-16)35(30,31)24-11-12-29(36(32,33)19-7-3-17(26)4-8-19)13-15(24)14-34-23-21(28)10-9-20(27)22(23)24/h1-10,15H,11-14H2/t15-,24+/m1/s1. The predicted molar refractivity (Wildman–Crippen MR) is 130 cm³/mol. The molecule has 2 aliphatic rings. The van der Waals surface area contributed by atoms with Crippen molar-refractivity contribution in [2.75, 3.05) is 19.7 Å². The van der Waals surface area contributed by atoms with Crippen molar-refractivity contribution in [2.24, 2.45) is 5.92 Å². The Balaban J connectivity index is 1.66. The van der Waals surface area contributed by atoms with E-state index in [0.29, 0.717) is 10.0 Å². The number of piperidine rings is 1. The Morgan fingerprint density at radius 1 is 0.833 bits per heavy atom. The van der Waals surface area contributed by atoms with Crippen molar-refractivity contribution in [2.45, 2.75) is 21.0 Å². The largest absolute Gasteiger partial charge is 0.490 e. The highest BCUT2D eigenvalue weighted by Gasteiger charge is 2.60. The molecule has 0 N–H and O–H groups in total. The topological polar surface area (TPSA) is 80.8 Å². The van der Waals surface area contributed by atoms with Crippen LogP contribution in [0.25, 0.3) is 0 Å². The second-order valence-corrected chi connectivity index (χ2v) is 13.7. The van der Waals surface area contributed by atoms with Gasteiger partial charge in [0.15, 0.2) is 21.4 Å². The summed E-state index contributed by atoms with van der Waals surface area (Å²) >= 11 is 11.8. The molecule has 5 rings (SSSR count). The minimum absolute atomic E-state index is 0.0192. The molecule has 0 radical (unpaired) electrons. The normalized spacial score (nSPS) is 22.4. The first kappa shape index (κ1) is 25.4. The van der Waals surface area contributed by atoms with E-state index in [9.17, 15) is 21.2 Å². The first-order valence-corrected chi connectivity index (χ1v) is 14.5. The molecule has 3 aromatic rings. The highest BCUT2D eigenvalue weighted by Crippen LogP contribution is 2.54. The highest BCUT2D eigenvalue weighted by molar-refractivity contribution is 7.92. The van der Waals surface area contributed by atoms with Crippen LogP contribution >= 0.6 is 23.2 Å². The summed E-state index contributed by atoms with van der Waals surface area (Å²) in [6.45, 7) is -0.857. The Hall–Kier alpha value is -2.24. The van der Waals surface area contributed by atoms with Gasteiger partial charge in [-0.1, -0.05) is 23.2 Å². The number of rotatable bonds is 4. The summed E-state index contributed by atoms with van der Waals surface area (Å²) in [6.07, 6.45) is -0.313. The Kier molecular flexibility index (Phi) is 6.32. The third-order valence-corrected chi connectivity index (χ3v) is 11.8. The lowest BCUT2D eigenvalue weighted by Gasteiger charge is -2.49. The lowest BCUT2D eigenvalue weighted by Crippen LogP contribution is -2.59. The van der Waals surface area contributed by atoms with Crippen LogP contribution in [0.5, 0.6) is 5.75 Å². The van der Waals surface area contributed by atoms with E-state index in [1.54, 1.807) is 0 Å². The number of hydrogen-bond donors (Lipinski definition) is 0. The molecule has 2 atom stereocenters. The molecule has 0 unspecified atom stereocenters. The van der Waals surface area contributed by atoms with E-state index in [-0.39, 0.29) is 35.9 Å². The molecular formula is C24H19Cl2F2NO5S2. The molecule has 0 spiro atoms. The van der Waals surface area contributed by atoms with E-state index >= 15 is 4.39 Å². The molecule has 1 saturated heterocycles. The SMILES string of the molecule is O=S(=O)(c1ccc(Cl)cc1)N1CC[C@@]2(S(=O)(=O)c3ccc(Cl)cc3)c3c(F)ccc(F)c3OC[C@H]2C1. The minimum Gasteiger partial charge on any atom is -0.490 e. The molecule has 0 aromatic heterocycles. The van der Waals surface area contributed by atoms with Gasteiger partial charge >= 0.3 is 0 Å². The second-order valence-electron chi connectivity index (χ2n) is 8.66. The smallest absolute Gasteiger partial charge is 0.243 e. The van der Waals surface area contributed by atoms with Crippen molar-refractivity contribution < 1.29 is 30.4 Å². The van der Waals surface area contributed by atoms with Gasteiger partial charge < -0.3 is 4.74 Å². The van der Waals surface area contributed by atoms with Crippen molar-refractivity contribution in [1.82, 2.24) is 4.31 Å². The number of nitrogens with zero attached hydrogens (tertiary/aromatic N) is 1. The molecule has 1 fully saturated rings. The van der Waals surface area contributed by atoms with E-state index in [2.05, 4.69) is 0 Å². The van der Waals surface area contributed by atoms with Gasteiger partial charge in [0.05, 0.1) is 22.0 Å². The van der Waals surface area contributed by atoms with Gasteiger partial charge in [-0.05, 0) is 67.1 Å². The lowest BCUT2D eigenvalue weighted by molar-refractivity contribution is 0.104. The summed E-state index contributed by atoms with van der Waals surface area (Å²) in [4.78, 5) is -0.156. The first-order chi connectivity index (χ1) is 17.0. The van der Waals surface area contributed by atoms with Gasteiger partial charge in [-0.15, -0.1) is 0 Å². The molecule has 0 aliphatic carbocycles. The maximum atomic E-state index is 15.3. The van der Waals surface area contributed by atoms with Crippen LogP contribution in [0.1, 0.15) is 12.0 Å². The second kappa shape index (κ2) is 8.95. The van der Waals surface area contributed by atoms with Crippen molar-refractivity contribution >= 4 is 43.1 Å². The number of halogens is 4. The lowest BCUT2D eigenvalue weighted by atomic mass is 9.78. The van der Waals surface area contributed by atoms with Crippen LogP contribution in [-0.4, -0.2) is 40.8 Å². The zero-order valence-electron chi connectivity index (χ0n) is 18.5. The molecule has 190 valence electrons. The third kappa shape index (κ3) is 3.81. The Labute approximate surface area is 217 Å². The monoisotopic (exact) mass is 573 g/mol. The molecule has 0 saturated carbocycles. The zero-order chi connectivity index (χ0) is 25.9. The van der Waals surface area contributed by atoms with Gasteiger partial charge in [-0.3, -0.25) is 0 Å². The maximum Gasteiger partial charge on any atom is 0.243 e. The summed E-state index contributed by atoms with van der Waals surface area (Å²) < 4.78 is 89.8. The Morgan fingerprint density at radius 2 is 1.39 bits per heavy atom. The summed E-state index contributed by atoms with van der Waals surface area (Å²) in [7, 11) is -8.41. The van der Waals surface area contributed by atoms with E-state index < -0.39 is 53.5 Å². The third-order valence-electron chi connectivity index (χ3n) is 6.78. The van der Waals surface area contributed by atoms with E-state index in [1.165, 1.54) is 48.5 Å². The quantitative estimate of drug-likeness (QED) is 0.436. The van der Waals surface area contributed by atoms with Crippen LogP contribution in [0.3, 0.4) is 0 Å². The van der Waals surface area contributed by atoms with Crippen LogP contribution in [0.2, 0.25) is 10.0 Å². The zero-order valence-corrected chi connectivity index (χ0v) is 21.6. The number of sulfonamides is 1. The van der Waals surface area contributed by atoms with E-state index in [0.717, 1.165) is 16.4 Å². The molecule has 6 nitrogen and oxygen atoms in total. The van der Waals surface area contributed by atoms with Crippen LogP contribution in [-0.2, 0) is 24.6 Å². The van der Waals surface area contributed by atoms with E-state index in [1.807, 2.05) is 0 Å². The molecule has 0 bridgehead atoms. The summed E-state index contributed by atoms with van der Waals surface area (Å²) in [6, 6.07) is 12.7. The van der Waals surface area contributed by atoms with Crippen LogP contribution in [0, 0.1) is 17.6 Å². The fraction of sp³-hybridized carbons (Fsp3) is 0.250. The van der Waals surface area contributed by atoms with Gasteiger partial charge in [0, 0.05) is 29.1 Å². The highest BCUT2D eigenvalue weighted by atomic mass is 35.5. The van der Waals surface area contributed by atoms with E-state index in [4.69, 9.17) is 27.9 Å². The van der Waals surface area contributed by atoms with Crippen LogP contribution in [0.15, 0.2) is 70.5 Å². The fourth-order valence-corrected chi connectivity index (χ4v) is 9.09. The van der Waals surface area contributed by atoms with Gasteiger partial charge in [-0.25, -0.2) is 25.6 Å². The molecule has 2 aliphatic heterocycles. The number of hydrogen-bond acceptors (Lipinski definition) is 5. The molecule has 36 heavy (non-hydrogen) atoms. The number of benzene rings is 3. The molecular weight excluding hydrogens is 555 g/mol. The van der Waals surface area contributed by atoms with Crippen LogP contribution < -0.4 is 4.74 Å². The summed E-state index contributed by atoms with van der Waals surface area (Å²) in [5.41, 5.74) is -0.419. The summed E-state index contributed by atoms with van der Waals surface area (Å²) in [5, 5.41) is 0.659. The first-order valence-electron chi connectivity index (χ1n) is 10.9. The summed E-state index contributed by atoms with van der Waals surface area (Å²) in [5.74, 6) is -3.34. The number of fused-ring (bicyclic) bond motifs is 3. The molecule has 12 heteroatoms. The Bertz CT molecular complexity index is 1550. The van der Waals surface area contributed by atoms with Crippen molar-refractivity contribution in [1.29, 1.82) is 0 Å².